The Labute approximate surface area is 179 Å². The normalized spacial score (nSPS) is 19.4. The van der Waals surface area contributed by atoms with Crippen molar-refractivity contribution < 1.29 is 18.0 Å². The summed E-state index contributed by atoms with van der Waals surface area (Å²) in [7, 11) is 1.74. The average Bonchev–Trinajstić information content (AvgIpc) is 3.19. The van der Waals surface area contributed by atoms with Gasteiger partial charge in [0.2, 0.25) is 0 Å². The number of rotatable bonds is 7. The van der Waals surface area contributed by atoms with Crippen molar-refractivity contribution in [2.75, 3.05) is 13.6 Å². The van der Waals surface area contributed by atoms with Gasteiger partial charge in [0.1, 0.15) is 11.5 Å². The minimum Gasteiger partial charge on any atom is -0.439 e. The van der Waals surface area contributed by atoms with Gasteiger partial charge in [-0.05, 0) is 50.2 Å². The summed E-state index contributed by atoms with van der Waals surface area (Å²) in [4.78, 5) is 27.5. The van der Waals surface area contributed by atoms with E-state index in [1.165, 1.54) is 0 Å². The van der Waals surface area contributed by atoms with Crippen LogP contribution >= 0.6 is 0 Å². The fourth-order valence-electron chi connectivity index (χ4n) is 4.32. The summed E-state index contributed by atoms with van der Waals surface area (Å²) in [6.07, 6.45) is 6.09. The van der Waals surface area contributed by atoms with E-state index in [2.05, 4.69) is 15.0 Å². The number of oxazole rings is 1. The van der Waals surface area contributed by atoms with E-state index in [9.17, 15) is 13.6 Å². The zero-order valence-corrected chi connectivity index (χ0v) is 17.7. The lowest BCUT2D eigenvalue weighted by atomic mass is 9.82. The highest BCUT2D eigenvalue weighted by molar-refractivity contribution is 5.87. The number of hydrogen-bond donors (Lipinski definition) is 0. The fraction of sp³-hybridized carbons (Fsp3) is 0.478. The van der Waals surface area contributed by atoms with Gasteiger partial charge in [-0.25, -0.2) is 13.8 Å². The molecular formula is C23H26F2N4O2. The van der Waals surface area contributed by atoms with Crippen LogP contribution in [0, 0.1) is 12.8 Å². The molecule has 0 aromatic carbocycles. The van der Waals surface area contributed by atoms with Gasteiger partial charge in [0.05, 0.1) is 12.7 Å². The van der Waals surface area contributed by atoms with Gasteiger partial charge in [0, 0.05) is 48.8 Å². The van der Waals surface area contributed by atoms with Crippen LogP contribution in [0.25, 0.3) is 22.2 Å². The van der Waals surface area contributed by atoms with Gasteiger partial charge < -0.3 is 4.42 Å². The van der Waals surface area contributed by atoms with Gasteiger partial charge in [0.25, 0.3) is 6.43 Å². The number of aromatic nitrogens is 3. The highest BCUT2D eigenvalue weighted by Crippen LogP contribution is 2.29. The van der Waals surface area contributed by atoms with Gasteiger partial charge in [-0.15, -0.1) is 0 Å². The summed E-state index contributed by atoms with van der Waals surface area (Å²) in [5.74, 6) is 1.32. The Morgan fingerprint density at radius 1 is 1.10 bits per heavy atom. The maximum atomic E-state index is 12.8. The molecule has 31 heavy (non-hydrogen) atoms. The topological polar surface area (TPSA) is 72.1 Å². The highest BCUT2D eigenvalue weighted by Gasteiger charge is 2.29. The lowest BCUT2D eigenvalue weighted by Gasteiger charge is -2.34. The Morgan fingerprint density at radius 2 is 1.84 bits per heavy atom. The quantitative estimate of drug-likeness (QED) is 0.553. The molecule has 0 radical (unpaired) electrons. The molecule has 1 aliphatic rings. The zero-order chi connectivity index (χ0) is 22.0. The number of pyridine rings is 2. The van der Waals surface area contributed by atoms with Crippen LogP contribution in [-0.4, -0.2) is 51.7 Å². The highest BCUT2D eigenvalue weighted by atomic mass is 19.3. The second-order valence-corrected chi connectivity index (χ2v) is 8.32. The van der Waals surface area contributed by atoms with Crippen LogP contribution in [0.5, 0.6) is 0 Å². The molecule has 3 heterocycles. The number of hydrogen-bond acceptors (Lipinski definition) is 6. The van der Waals surface area contributed by atoms with Gasteiger partial charge in [-0.1, -0.05) is 0 Å². The van der Waals surface area contributed by atoms with Crippen molar-refractivity contribution in [1.29, 1.82) is 0 Å². The molecule has 0 aliphatic heterocycles. The van der Waals surface area contributed by atoms with Crippen molar-refractivity contribution in [2.45, 2.75) is 51.5 Å². The van der Waals surface area contributed by atoms with Crippen LogP contribution in [0.3, 0.4) is 0 Å². The number of aryl methyl sites for hydroxylation is 1. The third-order valence-corrected chi connectivity index (χ3v) is 6.09. The van der Waals surface area contributed by atoms with E-state index in [0.717, 1.165) is 42.1 Å². The van der Waals surface area contributed by atoms with Crippen LogP contribution in [0.15, 0.2) is 35.1 Å². The van der Waals surface area contributed by atoms with Crippen LogP contribution in [0.4, 0.5) is 8.78 Å². The van der Waals surface area contributed by atoms with Crippen molar-refractivity contribution in [1.82, 2.24) is 19.9 Å². The second-order valence-electron chi connectivity index (χ2n) is 8.32. The van der Waals surface area contributed by atoms with Crippen LogP contribution < -0.4 is 0 Å². The molecule has 0 spiro atoms. The average molecular weight is 428 g/mol. The molecule has 0 bridgehead atoms. The molecule has 0 atom stereocenters. The molecule has 1 saturated carbocycles. The molecule has 8 heteroatoms. The molecule has 0 saturated heterocycles. The molecule has 4 rings (SSSR count). The molecule has 0 unspecified atom stereocenters. The third kappa shape index (κ3) is 5.12. The first-order valence-electron chi connectivity index (χ1n) is 10.6. The molecule has 6 nitrogen and oxygen atoms in total. The Hall–Kier alpha value is -2.74. The lowest BCUT2D eigenvalue weighted by molar-refractivity contribution is -0.123. The van der Waals surface area contributed by atoms with E-state index >= 15 is 0 Å². The predicted molar refractivity (Wildman–Crippen MR) is 113 cm³/mol. The number of nitrogens with zero attached hydrogens (tertiary/aromatic N) is 4. The van der Waals surface area contributed by atoms with Crippen molar-refractivity contribution in [2.24, 2.45) is 5.92 Å². The molecule has 0 amide bonds. The molecule has 3 aromatic heterocycles. The van der Waals surface area contributed by atoms with Gasteiger partial charge in [-0.2, -0.15) is 0 Å². The molecule has 1 fully saturated rings. The first-order valence-corrected chi connectivity index (χ1v) is 10.6. The number of ketones is 1. The van der Waals surface area contributed by atoms with Crippen molar-refractivity contribution in [3.63, 3.8) is 0 Å². The van der Waals surface area contributed by atoms with Crippen LogP contribution in [-0.2, 0) is 11.2 Å². The van der Waals surface area contributed by atoms with E-state index in [1.807, 2.05) is 12.1 Å². The van der Waals surface area contributed by atoms with Gasteiger partial charge in [0.15, 0.2) is 11.7 Å². The summed E-state index contributed by atoms with van der Waals surface area (Å²) in [6.45, 7) is 1.57. The smallest absolute Gasteiger partial charge is 0.251 e. The summed E-state index contributed by atoms with van der Waals surface area (Å²) in [5, 5.41) is 1.83. The Kier molecular flexibility index (Phi) is 6.36. The summed E-state index contributed by atoms with van der Waals surface area (Å²) in [5.41, 5.74) is 1.41. The van der Waals surface area contributed by atoms with E-state index in [-0.39, 0.29) is 30.7 Å². The molecule has 1 aliphatic carbocycles. The Balaban J connectivity index is 1.41. The lowest BCUT2D eigenvalue weighted by Crippen LogP contribution is -2.39. The number of fused-ring (bicyclic) bond motifs is 1. The maximum absolute atomic E-state index is 12.8. The van der Waals surface area contributed by atoms with Crippen LogP contribution in [0.1, 0.15) is 37.3 Å². The largest absolute Gasteiger partial charge is 0.439 e. The van der Waals surface area contributed by atoms with Crippen LogP contribution in [0.2, 0.25) is 0 Å². The minimum atomic E-state index is -2.33. The number of alkyl halides is 2. The predicted octanol–water partition coefficient (Wildman–Crippen LogP) is 4.46. The monoisotopic (exact) mass is 428 g/mol. The Bertz CT molecular complexity index is 1060. The van der Waals surface area contributed by atoms with Crippen molar-refractivity contribution >= 4 is 16.6 Å². The van der Waals surface area contributed by atoms with E-state index < -0.39 is 6.43 Å². The summed E-state index contributed by atoms with van der Waals surface area (Å²) in [6, 6.07) is 3.96. The van der Waals surface area contributed by atoms with E-state index in [1.54, 1.807) is 37.5 Å². The van der Waals surface area contributed by atoms with Crippen molar-refractivity contribution in [3.05, 3.63) is 42.3 Å². The zero-order valence-electron chi connectivity index (χ0n) is 17.7. The summed E-state index contributed by atoms with van der Waals surface area (Å²) < 4.78 is 30.8. The minimum absolute atomic E-state index is 0.0288. The summed E-state index contributed by atoms with van der Waals surface area (Å²) >= 11 is 0. The number of Topliss-reactive ketones (excluding diaryl/α,β-unsaturated/α-hetero) is 1. The first kappa shape index (κ1) is 21.5. The number of halogens is 2. The van der Waals surface area contributed by atoms with Crippen molar-refractivity contribution in [3.8, 4) is 11.5 Å². The molecule has 164 valence electrons. The van der Waals surface area contributed by atoms with E-state index in [0.29, 0.717) is 17.3 Å². The Morgan fingerprint density at radius 3 is 2.52 bits per heavy atom. The standard InChI is InChI=1S/C23H26F2N4O2/c1-14-26-12-22(31-14)20-8-16-7-18(27-10-17(16)11-28-20)9-21(30)15-3-5-19(6-4-15)29(2)13-23(24)25/h7-8,10-12,15,19,23H,3-6,9,13H2,1-2H3. The third-order valence-electron chi connectivity index (χ3n) is 6.09. The molecular weight excluding hydrogens is 402 g/mol. The molecule has 0 N–H and O–H groups in total. The first-order chi connectivity index (χ1) is 14.9. The van der Waals surface area contributed by atoms with Gasteiger partial charge >= 0.3 is 0 Å². The van der Waals surface area contributed by atoms with Gasteiger partial charge in [-0.3, -0.25) is 19.7 Å². The molecule has 3 aromatic rings. The second kappa shape index (κ2) is 9.18. The van der Waals surface area contributed by atoms with E-state index in [4.69, 9.17) is 4.42 Å². The number of carbonyl (C=O) groups excluding carboxylic acids is 1. The number of carbonyl (C=O) groups is 1. The fourth-order valence-corrected chi connectivity index (χ4v) is 4.32. The SMILES string of the molecule is Cc1ncc(-c2cc3cc(CC(=O)C4CCC(N(C)CC(F)F)CC4)ncc3cn2)o1. The maximum Gasteiger partial charge on any atom is 0.251 e.